The van der Waals surface area contributed by atoms with Crippen LogP contribution in [0.5, 0.6) is 5.88 Å². The maximum atomic E-state index is 9.49. The molecule has 84 valence electrons. The molecular weight excluding hydrogens is 206 g/mol. The first-order valence-electron chi connectivity index (χ1n) is 4.37. The Morgan fingerprint density at radius 2 is 2.27 bits per heavy atom. The monoisotopic (exact) mass is 217 g/mol. The van der Waals surface area contributed by atoms with E-state index in [-0.39, 0.29) is 5.88 Å². The Kier molecular flexibility index (Phi) is 2.82. The summed E-state index contributed by atoms with van der Waals surface area (Å²) in [5, 5.41) is 37.1. The normalized spacial score (nSPS) is 35.7. The number of hydrogen-bond donors (Lipinski definition) is 4. The summed E-state index contributed by atoms with van der Waals surface area (Å²) in [7, 11) is 0. The molecule has 1 saturated heterocycles. The lowest BCUT2D eigenvalue weighted by Crippen LogP contribution is -2.35. The Bertz CT molecular complexity index is 306. The first-order chi connectivity index (χ1) is 7.22. The average Bonchev–Trinajstić information content (AvgIpc) is 2.82. The van der Waals surface area contributed by atoms with Gasteiger partial charge in [0.15, 0.2) is 0 Å². The smallest absolute Gasteiger partial charge is 0.255 e. The number of hydrogen-bond acceptors (Lipinski definition) is 7. The van der Waals surface area contributed by atoms with Gasteiger partial charge in [0.25, 0.3) is 5.88 Å². The zero-order chi connectivity index (χ0) is 10.8. The molecule has 1 unspecified atom stereocenters. The highest BCUT2D eigenvalue weighted by Crippen LogP contribution is 2.22. The molecule has 2 heterocycles. The number of rotatable bonds is 3. The minimum atomic E-state index is -1.22. The third kappa shape index (κ3) is 1.92. The third-order valence-corrected chi connectivity index (χ3v) is 2.13. The van der Waals surface area contributed by atoms with Gasteiger partial charge in [0, 0.05) is 0 Å². The van der Waals surface area contributed by atoms with Gasteiger partial charge in [-0.15, -0.1) is 5.10 Å². The van der Waals surface area contributed by atoms with Crippen molar-refractivity contribution < 1.29 is 24.8 Å². The van der Waals surface area contributed by atoms with E-state index in [4.69, 9.17) is 14.6 Å². The lowest BCUT2D eigenvalue weighted by Gasteiger charge is -2.13. The van der Waals surface area contributed by atoms with Crippen molar-refractivity contribution in [3.05, 3.63) is 6.20 Å². The number of ether oxygens (including phenoxy) is 2. The first-order valence-corrected chi connectivity index (χ1v) is 4.37. The number of aromatic nitrogens is 3. The van der Waals surface area contributed by atoms with Crippen LogP contribution in [0.4, 0.5) is 0 Å². The van der Waals surface area contributed by atoms with Gasteiger partial charge in [0.05, 0.1) is 6.61 Å². The van der Waals surface area contributed by atoms with Crippen molar-refractivity contribution in [1.82, 2.24) is 15.4 Å². The third-order valence-electron chi connectivity index (χ3n) is 2.13. The van der Waals surface area contributed by atoms with E-state index in [1.54, 1.807) is 0 Å². The van der Waals surface area contributed by atoms with Gasteiger partial charge in [0.2, 0.25) is 6.29 Å². The minimum Gasteiger partial charge on any atom is -0.443 e. The Hall–Kier alpha value is -1.22. The predicted molar refractivity (Wildman–Crippen MR) is 44.8 cm³/mol. The van der Waals surface area contributed by atoms with Gasteiger partial charge in [-0.2, -0.15) is 10.3 Å². The second-order valence-electron chi connectivity index (χ2n) is 3.13. The molecule has 1 aromatic heterocycles. The number of aromatic amines is 1. The molecular formula is C7H11N3O5. The Morgan fingerprint density at radius 3 is 2.80 bits per heavy atom. The highest BCUT2D eigenvalue weighted by Gasteiger charge is 2.44. The van der Waals surface area contributed by atoms with Gasteiger partial charge < -0.3 is 24.8 Å². The molecule has 0 radical (unpaired) electrons. The molecule has 0 spiro atoms. The second-order valence-corrected chi connectivity index (χ2v) is 3.13. The van der Waals surface area contributed by atoms with Crippen LogP contribution in [-0.2, 0) is 4.74 Å². The maximum absolute atomic E-state index is 9.49. The summed E-state index contributed by atoms with van der Waals surface area (Å²) in [6.45, 7) is -0.392. The van der Waals surface area contributed by atoms with Crippen LogP contribution in [0.1, 0.15) is 0 Å². The molecule has 2 rings (SSSR count). The largest absolute Gasteiger partial charge is 0.443 e. The molecule has 1 aliphatic rings. The minimum absolute atomic E-state index is 0.143. The molecule has 15 heavy (non-hydrogen) atoms. The Balaban J connectivity index is 1.99. The highest BCUT2D eigenvalue weighted by atomic mass is 16.7. The fourth-order valence-corrected chi connectivity index (χ4v) is 1.33. The van der Waals surface area contributed by atoms with Gasteiger partial charge in [0.1, 0.15) is 24.5 Å². The number of aliphatic hydroxyl groups excluding tert-OH is 3. The van der Waals surface area contributed by atoms with Crippen molar-refractivity contribution in [1.29, 1.82) is 0 Å². The SMILES string of the molecule is OC[C@@H]1OC(Oc2cn[nH]n2)[C@@H](O)[C@H]1O. The van der Waals surface area contributed by atoms with E-state index < -0.39 is 31.2 Å². The fraction of sp³-hybridized carbons (Fsp3) is 0.714. The van der Waals surface area contributed by atoms with Crippen LogP contribution >= 0.6 is 0 Å². The number of nitrogens with one attached hydrogen (secondary N) is 1. The molecule has 1 aliphatic heterocycles. The number of H-pyrrole nitrogens is 1. The number of aliphatic hydroxyl groups is 3. The molecule has 0 aliphatic carbocycles. The van der Waals surface area contributed by atoms with Crippen LogP contribution in [0.2, 0.25) is 0 Å². The molecule has 1 aromatic rings. The van der Waals surface area contributed by atoms with E-state index in [9.17, 15) is 10.2 Å². The van der Waals surface area contributed by atoms with Crippen LogP contribution in [0, 0.1) is 0 Å². The molecule has 8 heteroatoms. The Labute approximate surface area is 84.4 Å². The van der Waals surface area contributed by atoms with E-state index in [2.05, 4.69) is 15.4 Å². The highest BCUT2D eigenvalue weighted by molar-refractivity contribution is 5.00. The van der Waals surface area contributed by atoms with Crippen molar-refractivity contribution >= 4 is 0 Å². The van der Waals surface area contributed by atoms with E-state index in [1.807, 2.05) is 0 Å². The lowest BCUT2D eigenvalue weighted by molar-refractivity contribution is -0.118. The second kappa shape index (κ2) is 4.11. The van der Waals surface area contributed by atoms with Crippen molar-refractivity contribution in [2.45, 2.75) is 24.6 Å². The summed E-state index contributed by atoms with van der Waals surface area (Å²) >= 11 is 0. The van der Waals surface area contributed by atoms with Gasteiger partial charge in [-0.25, -0.2) is 0 Å². The number of nitrogens with zero attached hydrogens (tertiary/aromatic N) is 2. The standard InChI is InChI=1S/C7H11N3O5/c11-2-3-5(12)6(13)7(14-3)15-4-1-8-10-9-4/h1,3,5-7,11-13H,2H2,(H,8,9,10)/t3-,5-,6-,7?/m0/s1. The van der Waals surface area contributed by atoms with E-state index in [0.717, 1.165) is 0 Å². The van der Waals surface area contributed by atoms with Gasteiger partial charge >= 0.3 is 0 Å². The molecule has 8 nitrogen and oxygen atoms in total. The molecule has 0 aromatic carbocycles. The molecule has 0 saturated carbocycles. The van der Waals surface area contributed by atoms with Crippen LogP contribution in [-0.4, -0.2) is 61.9 Å². The zero-order valence-corrected chi connectivity index (χ0v) is 7.65. The van der Waals surface area contributed by atoms with Gasteiger partial charge in [-0.3, -0.25) is 0 Å². The summed E-state index contributed by atoms with van der Waals surface area (Å²) in [4.78, 5) is 0. The Morgan fingerprint density at radius 1 is 1.47 bits per heavy atom. The summed E-state index contributed by atoms with van der Waals surface area (Å²) in [5.74, 6) is 0.143. The summed E-state index contributed by atoms with van der Waals surface area (Å²) in [6, 6.07) is 0. The zero-order valence-electron chi connectivity index (χ0n) is 7.65. The lowest BCUT2D eigenvalue weighted by atomic mass is 10.1. The molecule has 0 bridgehead atoms. The van der Waals surface area contributed by atoms with Gasteiger partial charge in [-0.1, -0.05) is 0 Å². The van der Waals surface area contributed by atoms with Crippen molar-refractivity contribution in [3.8, 4) is 5.88 Å². The fourth-order valence-electron chi connectivity index (χ4n) is 1.33. The van der Waals surface area contributed by atoms with Crippen LogP contribution in [0.3, 0.4) is 0 Å². The predicted octanol–water partition coefficient (Wildman–Crippen LogP) is -2.38. The van der Waals surface area contributed by atoms with Gasteiger partial charge in [-0.05, 0) is 0 Å². The first kappa shape index (κ1) is 10.3. The van der Waals surface area contributed by atoms with Crippen LogP contribution in [0.15, 0.2) is 6.20 Å². The average molecular weight is 217 g/mol. The maximum Gasteiger partial charge on any atom is 0.255 e. The quantitative estimate of drug-likeness (QED) is 0.446. The summed E-state index contributed by atoms with van der Waals surface area (Å²) in [6.07, 6.45) is -3.00. The van der Waals surface area contributed by atoms with E-state index in [1.165, 1.54) is 6.20 Å². The molecule has 1 fully saturated rings. The topological polar surface area (TPSA) is 121 Å². The molecule has 0 amide bonds. The van der Waals surface area contributed by atoms with Crippen molar-refractivity contribution in [2.75, 3.05) is 6.61 Å². The summed E-state index contributed by atoms with van der Waals surface area (Å²) < 4.78 is 10.1. The van der Waals surface area contributed by atoms with Crippen molar-refractivity contribution in [3.63, 3.8) is 0 Å². The van der Waals surface area contributed by atoms with Crippen molar-refractivity contribution in [2.24, 2.45) is 0 Å². The molecule has 4 atom stereocenters. The van der Waals surface area contributed by atoms with Crippen LogP contribution in [0.25, 0.3) is 0 Å². The van der Waals surface area contributed by atoms with E-state index in [0.29, 0.717) is 0 Å². The van der Waals surface area contributed by atoms with E-state index >= 15 is 0 Å². The van der Waals surface area contributed by atoms with Crippen LogP contribution < -0.4 is 4.74 Å². The summed E-state index contributed by atoms with van der Waals surface area (Å²) in [5.41, 5.74) is 0. The molecule has 4 N–H and O–H groups in total.